The lowest BCUT2D eigenvalue weighted by atomic mass is 9.99. The van der Waals surface area contributed by atoms with Crippen molar-refractivity contribution >= 4 is 42.6 Å². The van der Waals surface area contributed by atoms with E-state index in [9.17, 15) is 14.4 Å². The van der Waals surface area contributed by atoms with Gasteiger partial charge in [-0.05, 0) is 68.5 Å². The smallest absolute Gasteiger partial charge is 0.344 e. The number of ether oxygens (including phenoxy) is 3. The third kappa shape index (κ3) is 4.71. The van der Waals surface area contributed by atoms with Crippen LogP contribution in [0.4, 0.5) is 0 Å². The zero-order chi connectivity index (χ0) is 26.0. The molecule has 5 rings (SSSR count). The van der Waals surface area contributed by atoms with E-state index in [1.807, 2.05) is 55.5 Å². The van der Waals surface area contributed by atoms with Crippen molar-refractivity contribution in [2.45, 2.75) is 44.6 Å². The van der Waals surface area contributed by atoms with Crippen LogP contribution in [0.25, 0.3) is 25.1 Å². The lowest BCUT2D eigenvalue weighted by molar-refractivity contribution is -0.163. The van der Waals surface area contributed by atoms with E-state index in [1.165, 1.54) is 0 Å². The fourth-order valence-corrected chi connectivity index (χ4v) is 7.65. The van der Waals surface area contributed by atoms with Crippen molar-refractivity contribution in [2.24, 2.45) is 0 Å². The topological polar surface area (TPSA) is 78.9 Å². The number of esters is 2. The molecule has 1 fully saturated rings. The molecule has 0 spiro atoms. The van der Waals surface area contributed by atoms with Crippen molar-refractivity contribution in [1.29, 1.82) is 0 Å². The Morgan fingerprint density at radius 1 is 0.919 bits per heavy atom. The molecular weight excluding hydrogens is 488 g/mol. The van der Waals surface area contributed by atoms with Crippen molar-refractivity contribution in [1.82, 2.24) is 0 Å². The van der Waals surface area contributed by atoms with Crippen LogP contribution in [-0.2, 0) is 14.3 Å². The first kappa shape index (κ1) is 25.0. The Bertz CT molecular complexity index is 1490. The highest BCUT2D eigenvalue weighted by Crippen LogP contribution is 2.47. The standard InChI is InChI=1S/C30H29O6S/c1-3-30(16-8-9-17-30)36-27(31)19-35-29(33)20-14-15-23(34-2)26(18-20)37-24-12-6-4-10-21(24)28(32)22-11-5-7-13-25(22)37/h4-7,10-15,18H,3,8-9,16-17,19H2,1-2H3/q+1. The van der Waals surface area contributed by atoms with E-state index in [-0.39, 0.29) is 5.43 Å². The summed E-state index contributed by atoms with van der Waals surface area (Å²) >= 11 is 0. The summed E-state index contributed by atoms with van der Waals surface area (Å²) in [5.74, 6) is -0.540. The summed E-state index contributed by atoms with van der Waals surface area (Å²) in [7, 11) is 0.894. The number of carbonyl (C=O) groups excluding carboxylic acids is 2. The first-order valence-electron chi connectivity index (χ1n) is 12.5. The van der Waals surface area contributed by atoms with Gasteiger partial charge in [0.05, 0.1) is 23.4 Å². The number of fused-ring (bicyclic) bond motifs is 2. The van der Waals surface area contributed by atoms with E-state index in [2.05, 4.69) is 0 Å². The summed E-state index contributed by atoms with van der Waals surface area (Å²) in [6.07, 6.45) is 4.52. The van der Waals surface area contributed by atoms with Crippen LogP contribution in [0.1, 0.15) is 49.4 Å². The number of carbonyl (C=O) groups is 2. The first-order chi connectivity index (χ1) is 18.0. The quantitative estimate of drug-likeness (QED) is 0.158. The van der Waals surface area contributed by atoms with E-state index in [0.29, 0.717) is 22.1 Å². The Balaban J connectivity index is 1.50. The van der Waals surface area contributed by atoms with Crippen LogP contribution in [-0.4, -0.2) is 31.3 Å². The van der Waals surface area contributed by atoms with E-state index in [1.54, 1.807) is 25.3 Å². The third-order valence-electron chi connectivity index (χ3n) is 7.13. The summed E-state index contributed by atoms with van der Waals surface area (Å²) in [4.78, 5) is 39.4. The highest BCUT2D eigenvalue weighted by atomic mass is 32.2. The van der Waals surface area contributed by atoms with Crippen LogP contribution in [0.3, 0.4) is 0 Å². The second kappa shape index (κ2) is 10.3. The summed E-state index contributed by atoms with van der Waals surface area (Å²) in [6.45, 7) is 1.58. The first-order valence-corrected chi connectivity index (χ1v) is 13.7. The summed E-state index contributed by atoms with van der Waals surface area (Å²) in [5, 5.41) is 1.28. The van der Waals surface area contributed by atoms with Gasteiger partial charge in [-0.25, -0.2) is 9.59 Å². The molecule has 0 N–H and O–H groups in total. The molecule has 0 radical (unpaired) electrons. The van der Waals surface area contributed by atoms with Crippen LogP contribution >= 0.6 is 10.5 Å². The van der Waals surface area contributed by atoms with Gasteiger partial charge in [0.1, 0.15) is 5.60 Å². The monoisotopic (exact) mass is 517 g/mol. The Morgan fingerprint density at radius 2 is 1.54 bits per heavy atom. The van der Waals surface area contributed by atoms with Crippen LogP contribution < -0.4 is 10.2 Å². The molecule has 6 nitrogen and oxygen atoms in total. The lowest BCUT2D eigenvalue weighted by Gasteiger charge is -2.27. The van der Waals surface area contributed by atoms with Crippen LogP contribution in [0.2, 0.25) is 0 Å². The molecule has 37 heavy (non-hydrogen) atoms. The zero-order valence-corrected chi connectivity index (χ0v) is 21.8. The van der Waals surface area contributed by atoms with Crippen molar-refractivity contribution in [3.05, 3.63) is 82.5 Å². The average molecular weight is 518 g/mol. The largest absolute Gasteiger partial charge is 0.491 e. The molecule has 0 unspecified atom stereocenters. The normalized spacial score (nSPS) is 14.5. The summed E-state index contributed by atoms with van der Waals surface area (Å²) in [5.41, 5.74) is -0.152. The average Bonchev–Trinajstić information content (AvgIpc) is 3.40. The van der Waals surface area contributed by atoms with E-state index in [0.717, 1.165) is 46.4 Å². The second-order valence-corrected chi connectivity index (χ2v) is 11.2. The molecule has 0 bridgehead atoms. The van der Waals surface area contributed by atoms with Gasteiger partial charge in [-0.3, -0.25) is 4.79 Å². The van der Waals surface area contributed by atoms with Gasteiger partial charge in [-0.1, -0.05) is 31.2 Å². The Hall–Kier alpha value is -3.71. The summed E-state index contributed by atoms with van der Waals surface area (Å²) < 4.78 is 18.5. The van der Waals surface area contributed by atoms with E-state index >= 15 is 0 Å². The highest BCUT2D eigenvalue weighted by Gasteiger charge is 2.36. The third-order valence-corrected chi connectivity index (χ3v) is 9.48. The van der Waals surface area contributed by atoms with Gasteiger partial charge in [-0.15, -0.1) is 0 Å². The van der Waals surface area contributed by atoms with Gasteiger partial charge in [0.2, 0.25) is 10.3 Å². The van der Waals surface area contributed by atoms with Crippen molar-refractivity contribution in [3.8, 4) is 10.6 Å². The number of methoxy groups -OCH3 is 1. The SMILES string of the molecule is CCC1(OC(=O)COC(=O)c2ccc(OC)c(-[s+]3c4ccccc4c(=O)c4ccccc43)c2)CCCC1. The number of hydrogen-bond acceptors (Lipinski definition) is 6. The van der Waals surface area contributed by atoms with Gasteiger partial charge in [0.25, 0.3) is 0 Å². The minimum absolute atomic E-state index is 0.0184. The Kier molecular flexibility index (Phi) is 6.98. The minimum Gasteiger partial charge on any atom is -0.491 e. The highest BCUT2D eigenvalue weighted by molar-refractivity contribution is 7.49. The molecule has 0 saturated heterocycles. The molecule has 7 heteroatoms. The van der Waals surface area contributed by atoms with Gasteiger partial charge in [0, 0.05) is 16.5 Å². The fourth-order valence-electron chi connectivity index (χ4n) is 5.15. The molecule has 4 aromatic rings. The molecule has 1 aliphatic carbocycles. The van der Waals surface area contributed by atoms with Crippen molar-refractivity contribution < 1.29 is 23.8 Å². The predicted octanol–water partition coefficient (Wildman–Crippen LogP) is 6.52. The summed E-state index contributed by atoms with van der Waals surface area (Å²) in [6, 6.07) is 20.2. The fraction of sp³-hybridized carbons (Fsp3) is 0.300. The van der Waals surface area contributed by atoms with Gasteiger partial charge in [0.15, 0.2) is 21.8 Å². The predicted molar refractivity (Wildman–Crippen MR) is 146 cm³/mol. The van der Waals surface area contributed by atoms with Crippen molar-refractivity contribution in [2.75, 3.05) is 13.7 Å². The maximum atomic E-state index is 13.2. The molecule has 0 atom stereocenters. The molecule has 1 heterocycles. The molecule has 3 aromatic carbocycles. The van der Waals surface area contributed by atoms with Crippen LogP contribution in [0.5, 0.6) is 5.75 Å². The van der Waals surface area contributed by atoms with Gasteiger partial charge in [-0.2, -0.15) is 0 Å². The number of rotatable bonds is 7. The van der Waals surface area contributed by atoms with Gasteiger partial charge < -0.3 is 14.2 Å². The minimum atomic E-state index is -0.685. The second-order valence-electron chi connectivity index (χ2n) is 9.29. The van der Waals surface area contributed by atoms with Gasteiger partial charge >= 0.3 is 11.9 Å². The zero-order valence-electron chi connectivity index (χ0n) is 21.0. The Morgan fingerprint density at radius 3 is 2.14 bits per heavy atom. The molecule has 1 aromatic heterocycles. The molecule has 1 saturated carbocycles. The maximum Gasteiger partial charge on any atom is 0.344 e. The van der Waals surface area contributed by atoms with Crippen LogP contribution in [0, 0.1) is 0 Å². The Labute approximate surface area is 217 Å². The maximum absolute atomic E-state index is 13.2. The molecule has 1 aliphatic rings. The molecule has 0 amide bonds. The molecule has 0 aliphatic heterocycles. The number of hydrogen-bond donors (Lipinski definition) is 0. The van der Waals surface area contributed by atoms with Crippen LogP contribution in [0.15, 0.2) is 71.5 Å². The molecule has 190 valence electrons. The van der Waals surface area contributed by atoms with E-state index in [4.69, 9.17) is 14.2 Å². The molecular formula is C30H29O6S+. The van der Waals surface area contributed by atoms with Crippen molar-refractivity contribution in [3.63, 3.8) is 0 Å². The van der Waals surface area contributed by atoms with E-state index < -0.39 is 34.6 Å². The number of benzene rings is 3. The lowest BCUT2D eigenvalue weighted by Crippen LogP contribution is -2.33.